The van der Waals surface area contributed by atoms with E-state index in [4.69, 9.17) is 4.98 Å². The van der Waals surface area contributed by atoms with Crippen molar-refractivity contribution in [2.45, 2.75) is 32.2 Å². The monoisotopic (exact) mass is 324 g/mol. The molecule has 1 fully saturated rings. The fraction of sp³-hybridized carbons (Fsp3) is 0.412. The van der Waals surface area contributed by atoms with Crippen molar-refractivity contribution >= 4 is 11.6 Å². The summed E-state index contributed by atoms with van der Waals surface area (Å²) in [6.07, 6.45) is 8.38. The average molecular weight is 324 g/mol. The van der Waals surface area contributed by atoms with Gasteiger partial charge in [0.05, 0.1) is 29.2 Å². The van der Waals surface area contributed by atoms with Crippen molar-refractivity contribution in [1.82, 2.24) is 29.3 Å². The van der Waals surface area contributed by atoms with Crippen LogP contribution in [0, 0.1) is 6.92 Å². The number of hydrogen-bond acceptors (Lipinski definition) is 4. The topological polar surface area (TPSA) is 68.3 Å². The summed E-state index contributed by atoms with van der Waals surface area (Å²) in [6, 6.07) is 3.94. The molecule has 1 amide bonds. The Morgan fingerprint density at radius 2 is 2.21 bits per heavy atom. The maximum absolute atomic E-state index is 12.9. The van der Waals surface area contributed by atoms with E-state index >= 15 is 0 Å². The number of amides is 1. The van der Waals surface area contributed by atoms with E-state index in [1.807, 2.05) is 37.2 Å². The number of fused-ring (bicyclic) bond motifs is 1. The highest BCUT2D eigenvalue weighted by molar-refractivity contribution is 5.94. The van der Waals surface area contributed by atoms with E-state index in [0.717, 1.165) is 42.8 Å². The normalized spacial score (nSPS) is 18.2. The quantitative estimate of drug-likeness (QED) is 0.724. The van der Waals surface area contributed by atoms with Gasteiger partial charge in [-0.15, -0.1) is 0 Å². The second-order valence-corrected chi connectivity index (χ2v) is 6.35. The Kier molecular flexibility index (Phi) is 3.55. The van der Waals surface area contributed by atoms with E-state index < -0.39 is 0 Å². The fourth-order valence-corrected chi connectivity index (χ4v) is 3.38. The molecule has 0 aliphatic carbocycles. The molecule has 0 N–H and O–H groups in total. The molecule has 0 radical (unpaired) electrons. The minimum atomic E-state index is 0.00617. The van der Waals surface area contributed by atoms with E-state index in [9.17, 15) is 4.79 Å². The Morgan fingerprint density at radius 3 is 3.00 bits per heavy atom. The van der Waals surface area contributed by atoms with Crippen molar-refractivity contribution in [3.63, 3.8) is 0 Å². The Bertz CT molecular complexity index is 896. The predicted molar refractivity (Wildman–Crippen MR) is 88.6 cm³/mol. The van der Waals surface area contributed by atoms with Crippen LogP contribution in [0.5, 0.6) is 0 Å². The lowest BCUT2D eigenvalue weighted by molar-refractivity contribution is 0.0606. The first kappa shape index (κ1) is 14.9. The van der Waals surface area contributed by atoms with Crippen LogP contribution in [0.4, 0.5) is 0 Å². The highest BCUT2D eigenvalue weighted by Gasteiger charge is 2.30. The highest BCUT2D eigenvalue weighted by atomic mass is 16.2. The van der Waals surface area contributed by atoms with Gasteiger partial charge in [0.2, 0.25) is 0 Å². The molecule has 7 heteroatoms. The van der Waals surface area contributed by atoms with Crippen LogP contribution in [0.2, 0.25) is 0 Å². The Balaban J connectivity index is 1.68. The summed E-state index contributed by atoms with van der Waals surface area (Å²) in [7, 11) is 1.82. The third kappa shape index (κ3) is 2.55. The number of piperidine rings is 1. The summed E-state index contributed by atoms with van der Waals surface area (Å²) in [4.78, 5) is 19.6. The van der Waals surface area contributed by atoms with Gasteiger partial charge in [-0.1, -0.05) is 0 Å². The molecule has 3 aromatic rings. The third-order valence-electron chi connectivity index (χ3n) is 4.53. The Morgan fingerprint density at radius 1 is 1.33 bits per heavy atom. The van der Waals surface area contributed by atoms with E-state index in [-0.39, 0.29) is 11.9 Å². The van der Waals surface area contributed by atoms with Crippen LogP contribution in [-0.2, 0) is 7.05 Å². The molecule has 0 bridgehead atoms. The lowest BCUT2D eigenvalue weighted by atomic mass is 9.98. The number of hydrogen-bond donors (Lipinski definition) is 0. The third-order valence-corrected chi connectivity index (χ3v) is 4.53. The van der Waals surface area contributed by atoms with Gasteiger partial charge >= 0.3 is 0 Å². The maximum atomic E-state index is 12.9. The van der Waals surface area contributed by atoms with Crippen molar-refractivity contribution in [3.8, 4) is 0 Å². The number of carbonyl (C=O) groups excluding carboxylic acids is 1. The van der Waals surface area contributed by atoms with Crippen molar-refractivity contribution < 1.29 is 4.79 Å². The zero-order valence-corrected chi connectivity index (χ0v) is 13.9. The molecule has 1 saturated heterocycles. The predicted octanol–water partition coefficient (Wildman–Crippen LogP) is 2.14. The van der Waals surface area contributed by atoms with Gasteiger partial charge in [0.1, 0.15) is 0 Å². The summed E-state index contributed by atoms with van der Waals surface area (Å²) in [5, 5.41) is 8.48. The smallest absolute Gasteiger partial charge is 0.257 e. The average Bonchev–Trinajstić information content (AvgIpc) is 3.18. The van der Waals surface area contributed by atoms with Gasteiger partial charge in [0.25, 0.3) is 5.91 Å². The van der Waals surface area contributed by atoms with Crippen LogP contribution in [0.25, 0.3) is 5.65 Å². The minimum Gasteiger partial charge on any atom is -0.330 e. The molecule has 124 valence electrons. The van der Waals surface area contributed by atoms with E-state index in [1.165, 1.54) is 0 Å². The molecule has 7 nitrogen and oxygen atoms in total. The lowest BCUT2D eigenvalue weighted by Crippen LogP contribution is -2.38. The molecule has 4 heterocycles. The summed E-state index contributed by atoms with van der Waals surface area (Å²) < 4.78 is 3.43. The Labute approximate surface area is 139 Å². The fourth-order valence-electron chi connectivity index (χ4n) is 3.38. The molecule has 3 aromatic heterocycles. The number of likely N-dealkylation sites (tertiary alicyclic amines) is 1. The Hall–Kier alpha value is -2.70. The summed E-state index contributed by atoms with van der Waals surface area (Å²) in [6.45, 7) is 2.71. The standard InChI is InChI=1S/C17H20N6O/c1-12-9-16-19-14(6-8-23(16)20-12)15-5-3-4-7-22(15)17(24)13-10-18-21(2)11-13/h6,8-11,15H,3-5,7H2,1-2H3/t15-/m0/s1. The number of nitrogens with zero attached hydrogens (tertiary/aromatic N) is 6. The molecule has 0 aromatic carbocycles. The maximum Gasteiger partial charge on any atom is 0.257 e. The minimum absolute atomic E-state index is 0.00617. The number of aryl methyl sites for hydroxylation is 2. The summed E-state index contributed by atoms with van der Waals surface area (Å²) in [5.74, 6) is 0.0270. The van der Waals surface area contributed by atoms with Crippen molar-refractivity contribution in [2.24, 2.45) is 7.05 Å². The van der Waals surface area contributed by atoms with Crippen LogP contribution in [0.3, 0.4) is 0 Å². The molecule has 0 unspecified atom stereocenters. The van der Waals surface area contributed by atoms with Crippen molar-refractivity contribution in [2.75, 3.05) is 6.54 Å². The lowest BCUT2D eigenvalue weighted by Gasteiger charge is -2.35. The second-order valence-electron chi connectivity index (χ2n) is 6.35. The molecule has 0 saturated carbocycles. The largest absolute Gasteiger partial charge is 0.330 e. The molecule has 1 atom stereocenters. The van der Waals surface area contributed by atoms with Gasteiger partial charge in [0, 0.05) is 32.1 Å². The van der Waals surface area contributed by atoms with Crippen LogP contribution >= 0.6 is 0 Å². The van der Waals surface area contributed by atoms with Gasteiger partial charge < -0.3 is 4.90 Å². The first-order valence-electron chi connectivity index (χ1n) is 8.24. The molecule has 1 aliphatic rings. The zero-order chi connectivity index (χ0) is 16.7. The number of aromatic nitrogens is 5. The van der Waals surface area contributed by atoms with E-state index in [1.54, 1.807) is 21.6 Å². The second kappa shape index (κ2) is 5.74. The van der Waals surface area contributed by atoms with Crippen molar-refractivity contribution in [3.05, 3.63) is 47.7 Å². The van der Waals surface area contributed by atoms with E-state index in [0.29, 0.717) is 5.56 Å². The van der Waals surface area contributed by atoms with Gasteiger partial charge in [-0.3, -0.25) is 9.48 Å². The molecule has 0 spiro atoms. The van der Waals surface area contributed by atoms with Gasteiger partial charge in [-0.2, -0.15) is 10.2 Å². The molecular weight excluding hydrogens is 304 g/mol. The van der Waals surface area contributed by atoms with Crippen molar-refractivity contribution in [1.29, 1.82) is 0 Å². The SMILES string of the molecule is Cc1cc2nc([C@@H]3CCCCN3C(=O)c3cnn(C)c3)ccn2n1. The number of rotatable bonds is 2. The van der Waals surface area contributed by atoms with Gasteiger partial charge in [-0.25, -0.2) is 9.50 Å². The summed E-state index contributed by atoms with van der Waals surface area (Å²) >= 11 is 0. The van der Waals surface area contributed by atoms with Crippen LogP contribution in [0.15, 0.2) is 30.7 Å². The first-order valence-corrected chi connectivity index (χ1v) is 8.24. The van der Waals surface area contributed by atoms with Crippen LogP contribution in [-0.4, -0.2) is 41.7 Å². The number of carbonyl (C=O) groups is 1. The molecule has 4 rings (SSSR count). The zero-order valence-electron chi connectivity index (χ0n) is 13.9. The highest BCUT2D eigenvalue weighted by Crippen LogP contribution is 2.31. The van der Waals surface area contributed by atoms with Crippen LogP contribution < -0.4 is 0 Å². The van der Waals surface area contributed by atoms with Gasteiger partial charge in [-0.05, 0) is 32.3 Å². The van der Waals surface area contributed by atoms with Crippen LogP contribution in [0.1, 0.15) is 47.1 Å². The summed E-state index contributed by atoms with van der Waals surface area (Å²) in [5.41, 5.74) is 3.32. The molecule has 1 aliphatic heterocycles. The first-order chi connectivity index (χ1) is 11.6. The molecule has 24 heavy (non-hydrogen) atoms. The molecular formula is C17H20N6O. The van der Waals surface area contributed by atoms with E-state index in [2.05, 4.69) is 10.2 Å². The van der Waals surface area contributed by atoms with Gasteiger partial charge in [0.15, 0.2) is 5.65 Å².